The van der Waals surface area contributed by atoms with E-state index in [0.29, 0.717) is 0 Å². The van der Waals surface area contributed by atoms with Crippen LogP contribution in [0.3, 0.4) is 0 Å². The minimum atomic E-state index is -0.951. The Morgan fingerprint density at radius 2 is 1.41 bits per heavy atom. The molecule has 0 bridgehead atoms. The van der Waals surface area contributed by atoms with E-state index < -0.39 is 41.6 Å². The summed E-state index contributed by atoms with van der Waals surface area (Å²) in [6.45, 7) is 6.76. The fourth-order valence-corrected chi connectivity index (χ4v) is 3.48. The second-order valence-electron chi connectivity index (χ2n) is 9.87. The molecule has 37 heavy (non-hydrogen) atoms. The van der Waals surface area contributed by atoms with E-state index in [0.717, 1.165) is 29.5 Å². The number of methoxy groups -OCH3 is 1. The maximum atomic E-state index is 12.8. The van der Waals surface area contributed by atoms with E-state index in [9.17, 15) is 19.2 Å². The number of rotatable bonds is 10. The first kappa shape index (κ1) is 29.4. The molecule has 0 saturated carbocycles. The lowest BCUT2D eigenvalue weighted by molar-refractivity contribution is -0.145. The molecule has 0 aliphatic carbocycles. The van der Waals surface area contributed by atoms with E-state index in [1.54, 1.807) is 39.8 Å². The normalized spacial score (nSPS) is 12.7. The maximum Gasteiger partial charge on any atom is 0.410 e. The van der Waals surface area contributed by atoms with Crippen molar-refractivity contribution in [3.8, 4) is 0 Å². The van der Waals surface area contributed by atoms with Gasteiger partial charge in [0, 0.05) is 13.5 Å². The Morgan fingerprint density at radius 3 is 1.86 bits per heavy atom. The fourth-order valence-electron chi connectivity index (χ4n) is 3.48. The molecule has 9 nitrogen and oxygen atoms in total. The van der Waals surface area contributed by atoms with E-state index >= 15 is 0 Å². The Hall–Kier alpha value is -3.88. The van der Waals surface area contributed by atoms with Crippen LogP contribution in [0.2, 0.25) is 0 Å². The van der Waals surface area contributed by atoms with Crippen LogP contribution in [-0.4, -0.2) is 65.8 Å². The lowest BCUT2D eigenvalue weighted by Crippen LogP contribution is -2.52. The predicted molar refractivity (Wildman–Crippen MR) is 138 cm³/mol. The zero-order valence-corrected chi connectivity index (χ0v) is 22.2. The molecule has 0 saturated heterocycles. The van der Waals surface area contributed by atoms with E-state index in [-0.39, 0.29) is 12.0 Å². The topological polar surface area (TPSA) is 122 Å². The molecule has 9 heteroatoms. The van der Waals surface area contributed by atoms with Gasteiger partial charge in [0.1, 0.15) is 17.7 Å². The second kappa shape index (κ2) is 12.9. The molecular formula is C28H36N2O7. The Balaban J connectivity index is 1.99. The zero-order chi connectivity index (χ0) is 27.8. The van der Waals surface area contributed by atoms with Crippen molar-refractivity contribution in [3.05, 3.63) is 70.8 Å². The summed E-state index contributed by atoms with van der Waals surface area (Å²) in [6.07, 6.45) is 1.10. The number of amides is 2. The van der Waals surface area contributed by atoms with Crippen molar-refractivity contribution < 1.29 is 33.8 Å². The average molecular weight is 513 g/mol. The van der Waals surface area contributed by atoms with Crippen LogP contribution < -0.4 is 5.32 Å². The van der Waals surface area contributed by atoms with Crippen molar-refractivity contribution in [2.24, 2.45) is 0 Å². The molecular weight excluding hydrogens is 476 g/mol. The summed E-state index contributed by atoms with van der Waals surface area (Å²) in [5.74, 6) is -2.04. The standard InChI is InChI=1S/C28H36N2O7/c1-18(30(5)27(35)37-28(2,3)4)24(31)29-23(26(34)36-6)17-21-11-9-19(10-12-21)7-8-20-13-15-22(16-14-20)25(32)33/h9-16,18,23H,7-8,17H2,1-6H3,(H,29,31)(H,32,33). The van der Waals surface area contributed by atoms with E-state index in [2.05, 4.69) is 5.32 Å². The molecule has 0 heterocycles. The van der Waals surface area contributed by atoms with Gasteiger partial charge in [-0.3, -0.25) is 9.69 Å². The first-order valence-corrected chi connectivity index (χ1v) is 12.0. The summed E-state index contributed by atoms with van der Waals surface area (Å²) in [7, 11) is 2.72. The van der Waals surface area contributed by atoms with Gasteiger partial charge in [0.25, 0.3) is 0 Å². The minimum Gasteiger partial charge on any atom is -0.478 e. The molecule has 2 amide bonds. The molecule has 2 unspecified atom stereocenters. The number of carbonyl (C=O) groups is 4. The van der Waals surface area contributed by atoms with Gasteiger partial charge in [0.2, 0.25) is 5.91 Å². The van der Waals surface area contributed by atoms with E-state index in [1.807, 2.05) is 36.4 Å². The molecule has 200 valence electrons. The van der Waals surface area contributed by atoms with Crippen LogP contribution in [0.15, 0.2) is 48.5 Å². The van der Waals surface area contributed by atoms with Crippen LogP contribution in [-0.2, 0) is 38.3 Å². The van der Waals surface area contributed by atoms with Crippen LogP contribution in [0.1, 0.15) is 54.7 Å². The highest BCUT2D eigenvalue weighted by Gasteiger charge is 2.30. The number of nitrogens with one attached hydrogen (secondary N) is 1. The Bertz CT molecular complexity index is 1090. The molecule has 0 spiro atoms. The largest absolute Gasteiger partial charge is 0.478 e. The van der Waals surface area contributed by atoms with Gasteiger partial charge in [-0.25, -0.2) is 14.4 Å². The summed E-state index contributed by atoms with van der Waals surface area (Å²) in [6, 6.07) is 12.7. The van der Waals surface area contributed by atoms with E-state index in [1.165, 1.54) is 19.1 Å². The third kappa shape index (κ3) is 9.25. The first-order chi connectivity index (χ1) is 17.3. The van der Waals surface area contributed by atoms with Gasteiger partial charge in [-0.15, -0.1) is 0 Å². The van der Waals surface area contributed by atoms with Crippen LogP contribution in [0.4, 0.5) is 4.79 Å². The number of nitrogens with zero attached hydrogens (tertiary/aromatic N) is 1. The van der Waals surface area contributed by atoms with Crippen LogP contribution in [0.25, 0.3) is 0 Å². The molecule has 0 aromatic heterocycles. The number of carboxylic acids is 1. The highest BCUT2D eigenvalue weighted by molar-refractivity contribution is 5.89. The Labute approximate surface area is 217 Å². The van der Waals surface area contributed by atoms with Crippen molar-refractivity contribution in [2.45, 2.75) is 64.6 Å². The summed E-state index contributed by atoms with van der Waals surface area (Å²) >= 11 is 0. The predicted octanol–water partition coefficient (Wildman–Crippen LogP) is 3.63. The number of ether oxygens (including phenoxy) is 2. The monoisotopic (exact) mass is 512 g/mol. The molecule has 2 rings (SSSR count). The highest BCUT2D eigenvalue weighted by Crippen LogP contribution is 2.14. The van der Waals surface area contributed by atoms with Gasteiger partial charge in [-0.05, 0) is 69.4 Å². The number of aryl methyl sites for hydroxylation is 2. The van der Waals surface area contributed by atoms with Crippen molar-refractivity contribution in [2.75, 3.05) is 14.2 Å². The fraction of sp³-hybridized carbons (Fsp3) is 0.429. The maximum absolute atomic E-state index is 12.8. The molecule has 0 aliphatic heterocycles. The zero-order valence-electron chi connectivity index (χ0n) is 22.2. The SMILES string of the molecule is COC(=O)C(Cc1ccc(CCc2ccc(C(=O)O)cc2)cc1)NC(=O)C(C)N(C)C(=O)OC(C)(C)C. The average Bonchev–Trinajstić information content (AvgIpc) is 2.85. The summed E-state index contributed by atoms with van der Waals surface area (Å²) < 4.78 is 10.2. The minimum absolute atomic E-state index is 0.220. The number of hydrogen-bond donors (Lipinski definition) is 2. The summed E-state index contributed by atoms with van der Waals surface area (Å²) in [4.78, 5) is 49.6. The first-order valence-electron chi connectivity index (χ1n) is 12.0. The smallest absolute Gasteiger partial charge is 0.410 e. The molecule has 0 aliphatic rings. The summed E-state index contributed by atoms with van der Waals surface area (Å²) in [5, 5.41) is 11.7. The molecule has 2 aromatic carbocycles. The van der Waals surface area contributed by atoms with Crippen molar-refractivity contribution >= 4 is 23.9 Å². The lowest BCUT2D eigenvalue weighted by atomic mass is 10.00. The second-order valence-corrected chi connectivity index (χ2v) is 9.87. The molecule has 2 N–H and O–H groups in total. The van der Waals surface area contributed by atoms with Gasteiger partial charge < -0.3 is 19.9 Å². The van der Waals surface area contributed by atoms with Gasteiger partial charge >= 0.3 is 18.0 Å². The van der Waals surface area contributed by atoms with Crippen molar-refractivity contribution in [1.29, 1.82) is 0 Å². The van der Waals surface area contributed by atoms with Crippen molar-refractivity contribution in [1.82, 2.24) is 10.2 Å². The van der Waals surface area contributed by atoms with Crippen LogP contribution in [0.5, 0.6) is 0 Å². The Morgan fingerprint density at radius 1 is 0.919 bits per heavy atom. The number of esters is 1. The third-order valence-electron chi connectivity index (χ3n) is 5.81. The Kier molecular flexibility index (Phi) is 10.2. The molecule has 0 radical (unpaired) electrons. The number of benzene rings is 2. The third-order valence-corrected chi connectivity index (χ3v) is 5.81. The van der Waals surface area contributed by atoms with Gasteiger partial charge in [0.05, 0.1) is 12.7 Å². The number of likely N-dealkylation sites (N-methyl/N-ethyl adjacent to an activating group) is 1. The van der Waals surface area contributed by atoms with Gasteiger partial charge in [0.15, 0.2) is 0 Å². The van der Waals surface area contributed by atoms with Crippen molar-refractivity contribution in [3.63, 3.8) is 0 Å². The number of hydrogen-bond acceptors (Lipinski definition) is 6. The van der Waals surface area contributed by atoms with Crippen LogP contribution in [0, 0.1) is 0 Å². The molecule has 0 fully saturated rings. The summed E-state index contributed by atoms with van der Waals surface area (Å²) in [5.41, 5.74) is 2.50. The van der Waals surface area contributed by atoms with Gasteiger partial charge in [-0.2, -0.15) is 0 Å². The quantitative estimate of drug-likeness (QED) is 0.466. The number of carbonyl (C=O) groups excluding carboxylic acids is 3. The number of carboxylic acid groups (broad SMARTS) is 1. The highest BCUT2D eigenvalue weighted by atomic mass is 16.6. The van der Waals surface area contributed by atoms with Crippen LogP contribution >= 0.6 is 0 Å². The number of aromatic carboxylic acids is 1. The lowest BCUT2D eigenvalue weighted by Gasteiger charge is -2.29. The van der Waals surface area contributed by atoms with Gasteiger partial charge in [-0.1, -0.05) is 36.4 Å². The molecule has 2 aromatic rings. The molecule has 2 atom stereocenters. The van der Waals surface area contributed by atoms with E-state index in [4.69, 9.17) is 14.6 Å².